The van der Waals surface area contributed by atoms with Crippen molar-refractivity contribution in [1.82, 2.24) is 0 Å². The summed E-state index contributed by atoms with van der Waals surface area (Å²) in [7, 11) is 1.65. The molecule has 5 heteroatoms. The first-order chi connectivity index (χ1) is 8.33. The Morgan fingerprint density at radius 2 is 1.59 bits per heavy atom. The van der Waals surface area contributed by atoms with Crippen molar-refractivity contribution in [1.29, 1.82) is 0 Å². The molecule has 0 spiro atoms. The summed E-state index contributed by atoms with van der Waals surface area (Å²) in [5, 5.41) is 9.31. The van der Waals surface area contributed by atoms with Gasteiger partial charge in [-0.1, -0.05) is 0 Å². The van der Waals surface area contributed by atoms with Crippen molar-refractivity contribution in [2.24, 2.45) is 0 Å². The number of aliphatic hydroxyl groups excluding tert-OH is 1. The lowest BCUT2D eigenvalue weighted by atomic mass is 10.3. The van der Waals surface area contributed by atoms with Crippen LogP contribution < -0.4 is 0 Å². The van der Waals surface area contributed by atoms with E-state index in [4.69, 9.17) is 18.9 Å². The van der Waals surface area contributed by atoms with E-state index in [0.717, 1.165) is 19.3 Å². The molecular weight excluding hydrogens is 224 g/mol. The van der Waals surface area contributed by atoms with E-state index in [1.807, 2.05) is 0 Å². The van der Waals surface area contributed by atoms with E-state index in [-0.39, 0.29) is 12.2 Å². The second-order valence-electron chi connectivity index (χ2n) is 4.18. The van der Waals surface area contributed by atoms with E-state index in [2.05, 4.69) is 0 Å². The first-order valence-corrected chi connectivity index (χ1v) is 6.27. The van der Waals surface area contributed by atoms with Crippen LogP contribution in [-0.2, 0) is 18.9 Å². The topological polar surface area (TPSA) is 57.2 Å². The number of methoxy groups -OCH3 is 1. The second kappa shape index (κ2) is 9.79. The summed E-state index contributed by atoms with van der Waals surface area (Å²) >= 11 is 0. The Morgan fingerprint density at radius 3 is 2.18 bits per heavy atom. The Hall–Kier alpha value is -0.200. The van der Waals surface area contributed by atoms with Crippen molar-refractivity contribution in [3.63, 3.8) is 0 Å². The molecule has 5 nitrogen and oxygen atoms in total. The average molecular weight is 248 g/mol. The lowest BCUT2D eigenvalue weighted by Gasteiger charge is -2.11. The Morgan fingerprint density at radius 1 is 0.941 bits per heavy atom. The third-order valence-corrected chi connectivity index (χ3v) is 2.74. The first-order valence-electron chi connectivity index (χ1n) is 6.27. The number of aliphatic hydroxyl groups is 1. The molecule has 0 amide bonds. The van der Waals surface area contributed by atoms with Crippen LogP contribution >= 0.6 is 0 Å². The number of hydrogen-bond acceptors (Lipinski definition) is 5. The van der Waals surface area contributed by atoms with Gasteiger partial charge in [0.15, 0.2) is 0 Å². The molecule has 1 aliphatic rings. The minimum atomic E-state index is -0.171. The zero-order chi connectivity index (χ0) is 12.3. The van der Waals surface area contributed by atoms with E-state index in [9.17, 15) is 5.11 Å². The highest BCUT2D eigenvalue weighted by molar-refractivity contribution is 4.74. The lowest BCUT2D eigenvalue weighted by molar-refractivity contribution is -0.0169. The molecule has 0 heterocycles. The van der Waals surface area contributed by atoms with E-state index >= 15 is 0 Å². The quantitative estimate of drug-likeness (QED) is 0.574. The number of rotatable bonds is 10. The summed E-state index contributed by atoms with van der Waals surface area (Å²) in [6, 6.07) is 0. The van der Waals surface area contributed by atoms with Gasteiger partial charge in [-0.25, -0.2) is 0 Å². The van der Waals surface area contributed by atoms with Crippen LogP contribution in [0.3, 0.4) is 0 Å². The molecule has 1 saturated carbocycles. The summed E-state index contributed by atoms with van der Waals surface area (Å²) in [6.45, 7) is 3.57. The van der Waals surface area contributed by atoms with Crippen LogP contribution in [0.4, 0.5) is 0 Å². The van der Waals surface area contributed by atoms with Crippen molar-refractivity contribution in [2.45, 2.75) is 31.5 Å². The number of hydrogen-bond donors (Lipinski definition) is 1. The Kier molecular flexibility index (Phi) is 8.56. The smallest absolute Gasteiger partial charge is 0.0704 e. The molecule has 0 saturated heterocycles. The van der Waals surface area contributed by atoms with E-state index < -0.39 is 0 Å². The fourth-order valence-electron chi connectivity index (χ4n) is 1.81. The molecule has 1 N–H and O–H groups in total. The van der Waals surface area contributed by atoms with Gasteiger partial charge in [0.1, 0.15) is 0 Å². The Labute approximate surface area is 103 Å². The minimum absolute atomic E-state index is 0.171. The third kappa shape index (κ3) is 7.68. The molecule has 17 heavy (non-hydrogen) atoms. The van der Waals surface area contributed by atoms with Crippen molar-refractivity contribution < 1.29 is 24.1 Å². The normalized spacial score (nSPS) is 24.4. The lowest BCUT2D eigenvalue weighted by Crippen LogP contribution is -2.16. The molecule has 0 bridgehead atoms. The summed E-state index contributed by atoms with van der Waals surface area (Å²) < 4.78 is 21.0. The van der Waals surface area contributed by atoms with Crippen molar-refractivity contribution >= 4 is 0 Å². The highest BCUT2D eigenvalue weighted by Crippen LogP contribution is 2.21. The summed E-state index contributed by atoms with van der Waals surface area (Å²) in [5.74, 6) is 0. The maximum absolute atomic E-state index is 9.31. The van der Waals surface area contributed by atoms with Gasteiger partial charge >= 0.3 is 0 Å². The monoisotopic (exact) mass is 248 g/mol. The zero-order valence-electron chi connectivity index (χ0n) is 10.6. The molecule has 102 valence electrons. The van der Waals surface area contributed by atoms with Crippen LogP contribution in [0.25, 0.3) is 0 Å². The SMILES string of the molecule is COCCOCCOCCOC1CCC(O)C1. The largest absolute Gasteiger partial charge is 0.393 e. The predicted octanol–water partition coefficient (Wildman–Crippen LogP) is 0.596. The van der Waals surface area contributed by atoms with Gasteiger partial charge < -0.3 is 24.1 Å². The fraction of sp³-hybridized carbons (Fsp3) is 1.00. The molecule has 0 aliphatic heterocycles. The van der Waals surface area contributed by atoms with Crippen LogP contribution in [0.1, 0.15) is 19.3 Å². The van der Waals surface area contributed by atoms with Gasteiger partial charge in [0.25, 0.3) is 0 Å². The molecule has 1 fully saturated rings. The van der Waals surface area contributed by atoms with Gasteiger partial charge in [-0.2, -0.15) is 0 Å². The summed E-state index contributed by atoms with van der Waals surface area (Å²) in [5.41, 5.74) is 0. The van der Waals surface area contributed by atoms with Gasteiger partial charge in [-0.3, -0.25) is 0 Å². The molecule has 0 aromatic carbocycles. The van der Waals surface area contributed by atoms with Gasteiger partial charge in [-0.15, -0.1) is 0 Å². The fourth-order valence-corrected chi connectivity index (χ4v) is 1.81. The van der Waals surface area contributed by atoms with E-state index in [1.54, 1.807) is 7.11 Å². The van der Waals surface area contributed by atoms with E-state index in [1.165, 1.54) is 0 Å². The minimum Gasteiger partial charge on any atom is -0.393 e. The summed E-state index contributed by atoms with van der Waals surface area (Å²) in [6.07, 6.45) is 2.63. The van der Waals surface area contributed by atoms with Gasteiger partial charge in [0.05, 0.1) is 51.8 Å². The van der Waals surface area contributed by atoms with E-state index in [0.29, 0.717) is 39.6 Å². The third-order valence-electron chi connectivity index (χ3n) is 2.74. The van der Waals surface area contributed by atoms with Crippen LogP contribution in [0.15, 0.2) is 0 Å². The van der Waals surface area contributed by atoms with Crippen molar-refractivity contribution in [3.8, 4) is 0 Å². The first kappa shape index (κ1) is 14.9. The molecule has 0 aromatic rings. The molecule has 0 radical (unpaired) electrons. The number of ether oxygens (including phenoxy) is 4. The Bertz CT molecular complexity index is 176. The van der Waals surface area contributed by atoms with Crippen molar-refractivity contribution in [3.05, 3.63) is 0 Å². The maximum Gasteiger partial charge on any atom is 0.0704 e. The zero-order valence-corrected chi connectivity index (χ0v) is 10.6. The maximum atomic E-state index is 9.31. The molecular formula is C12H24O5. The highest BCUT2D eigenvalue weighted by Gasteiger charge is 2.22. The molecule has 1 aliphatic carbocycles. The summed E-state index contributed by atoms with van der Waals surface area (Å²) in [4.78, 5) is 0. The van der Waals surface area contributed by atoms with Crippen LogP contribution in [0.5, 0.6) is 0 Å². The molecule has 2 unspecified atom stereocenters. The highest BCUT2D eigenvalue weighted by atomic mass is 16.6. The molecule has 2 atom stereocenters. The van der Waals surface area contributed by atoms with Crippen LogP contribution in [0.2, 0.25) is 0 Å². The molecule has 0 aromatic heterocycles. The standard InChI is InChI=1S/C12H24O5/c1-14-4-5-15-6-7-16-8-9-17-12-3-2-11(13)10-12/h11-13H,2-10H2,1H3. The van der Waals surface area contributed by atoms with Gasteiger partial charge in [0.2, 0.25) is 0 Å². The van der Waals surface area contributed by atoms with Gasteiger partial charge in [0, 0.05) is 7.11 Å². The van der Waals surface area contributed by atoms with Crippen LogP contribution in [-0.4, -0.2) is 64.1 Å². The predicted molar refractivity (Wildman–Crippen MR) is 63.1 cm³/mol. The van der Waals surface area contributed by atoms with Gasteiger partial charge in [-0.05, 0) is 19.3 Å². The average Bonchev–Trinajstić information content (AvgIpc) is 2.73. The van der Waals surface area contributed by atoms with Crippen molar-refractivity contribution in [2.75, 3.05) is 46.8 Å². The van der Waals surface area contributed by atoms with Crippen LogP contribution in [0, 0.1) is 0 Å². The Balaban J connectivity index is 1.75. The molecule has 1 rings (SSSR count). The second-order valence-corrected chi connectivity index (χ2v) is 4.18.